The molecule has 0 amide bonds. The van der Waals surface area contributed by atoms with E-state index < -0.39 is 10.0 Å². The molecule has 2 aliphatic rings. The van der Waals surface area contributed by atoms with E-state index in [0.717, 1.165) is 25.9 Å². The van der Waals surface area contributed by atoms with Gasteiger partial charge in [-0.3, -0.25) is 4.72 Å². The molecule has 1 aromatic heterocycles. The third kappa shape index (κ3) is 3.52. The summed E-state index contributed by atoms with van der Waals surface area (Å²) in [4.78, 5) is 10.8. The quantitative estimate of drug-likeness (QED) is 0.873. The van der Waals surface area contributed by atoms with E-state index in [9.17, 15) is 8.42 Å². The fourth-order valence-electron chi connectivity index (χ4n) is 3.04. The number of ether oxygens (including phenoxy) is 2. The van der Waals surface area contributed by atoms with Crippen molar-refractivity contribution in [3.8, 4) is 11.5 Å². The molecule has 0 unspecified atom stereocenters. The van der Waals surface area contributed by atoms with E-state index in [0.29, 0.717) is 36.3 Å². The van der Waals surface area contributed by atoms with Crippen LogP contribution in [0.25, 0.3) is 0 Å². The SMILES string of the molecule is O=S(=O)(Nc1cnc(N2CCCCC2)nc1)c1ccc2c(c1)OCCO2. The molecule has 3 heterocycles. The van der Waals surface area contributed by atoms with Gasteiger partial charge in [0.2, 0.25) is 5.95 Å². The Morgan fingerprint density at radius 3 is 2.38 bits per heavy atom. The topological polar surface area (TPSA) is 93.7 Å². The first kappa shape index (κ1) is 16.9. The summed E-state index contributed by atoms with van der Waals surface area (Å²) < 4.78 is 38.6. The maximum absolute atomic E-state index is 12.6. The summed E-state index contributed by atoms with van der Waals surface area (Å²) >= 11 is 0. The zero-order chi connectivity index (χ0) is 18.0. The van der Waals surface area contributed by atoms with Crippen LogP contribution in [0.4, 0.5) is 11.6 Å². The average molecular weight is 376 g/mol. The van der Waals surface area contributed by atoms with Gasteiger partial charge in [0.15, 0.2) is 11.5 Å². The molecule has 4 rings (SSSR count). The first-order valence-corrected chi connectivity index (χ1v) is 10.1. The number of rotatable bonds is 4. The van der Waals surface area contributed by atoms with E-state index in [4.69, 9.17) is 9.47 Å². The molecular weight excluding hydrogens is 356 g/mol. The number of hydrogen-bond acceptors (Lipinski definition) is 7. The van der Waals surface area contributed by atoms with Gasteiger partial charge in [-0.15, -0.1) is 0 Å². The average Bonchev–Trinajstić information content (AvgIpc) is 2.68. The molecule has 0 spiro atoms. The standard InChI is InChI=1S/C17H20N4O4S/c22-26(23,14-4-5-15-16(10-14)25-9-8-24-15)20-13-11-18-17(19-12-13)21-6-2-1-3-7-21/h4-5,10-12,20H,1-3,6-9H2. The molecule has 2 aromatic rings. The third-order valence-electron chi connectivity index (χ3n) is 4.35. The van der Waals surface area contributed by atoms with Crippen LogP contribution < -0.4 is 19.1 Å². The number of anilines is 2. The molecule has 1 fully saturated rings. The summed E-state index contributed by atoms with van der Waals surface area (Å²) in [5.41, 5.74) is 0.320. The van der Waals surface area contributed by atoms with Crippen LogP contribution in [0.5, 0.6) is 11.5 Å². The molecule has 0 saturated carbocycles. The number of aromatic nitrogens is 2. The van der Waals surface area contributed by atoms with Crippen molar-refractivity contribution in [2.24, 2.45) is 0 Å². The molecule has 1 saturated heterocycles. The van der Waals surface area contributed by atoms with Crippen molar-refractivity contribution >= 4 is 21.7 Å². The van der Waals surface area contributed by atoms with Crippen molar-refractivity contribution in [2.45, 2.75) is 24.2 Å². The molecule has 0 atom stereocenters. The number of nitrogens with zero attached hydrogens (tertiary/aromatic N) is 3. The number of nitrogens with one attached hydrogen (secondary N) is 1. The first-order valence-electron chi connectivity index (χ1n) is 8.61. The van der Waals surface area contributed by atoms with Crippen LogP contribution in [0.3, 0.4) is 0 Å². The van der Waals surface area contributed by atoms with Gasteiger partial charge in [-0.1, -0.05) is 0 Å². The van der Waals surface area contributed by atoms with Gasteiger partial charge in [0.05, 0.1) is 23.0 Å². The Morgan fingerprint density at radius 1 is 0.962 bits per heavy atom. The van der Waals surface area contributed by atoms with Gasteiger partial charge in [-0.25, -0.2) is 18.4 Å². The van der Waals surface area contributed by atoms with Crippen molar-refractivity contribution < 1.29 is 17.9 Å². The summed E-state index contributed by atoms with van der Waals surface area (Å²) in [5.74, 6) is 1.60. The zero-order valence-electron chi connectivity index (χ0n) is 14.2. The number of hydrogen-bond donors (Lipinski definition) is 1. The zero-order valence-corrected chi connectivity index (χ0v) is 15.0. The second-order valence-corrected chi connectivity index (χ2v) is 7.91. The molecule has 1 aromatic carbocycles. The van der Waals surface area contributed by atoms with Crippen LogP contribution in [0.15, 0.2) is 35.5 Å². The largest absolute Gasteiger partial charge is 0.486 e. The third-order valence-corrected chi connectivity index (χ3v) is 5.73. The van der Waals surface area contributed by atoms with E-state index in [1.807, 2.05) is 0 Å². The van der Waals surface area contributed by atoms with Crippen molar-refractivity contribution in [2.75, 3.05) is 35.9 Å². The lowest BCUT2D eigenvalue weighted by Crippen LogP contribution is -2.30. The van der Waals surface area contributed by atoms with Gasteiger partial charge in [0.25, 0.3) is 10.0 Å². The van der Waals surface area contributed by atoms with Gasteiger partial charge < -0.3 is 14.4 Å². The number of piperidine rings is 1. The Balaban J connectivity index is 1.50. The van der Waals surface area contributed by atoms with E-state index in [1.165, 1.54) is 30.9 Å². The van der Waals surface area contributed by atoms with E-state index in [2.05, 4.69) is 19.6 Å². The highest BCUT2D eigenvalue weighted by Gasteiger charge is 2.20. The Labute approximate surface area is 152 Å². The van der Waals surface area contributed by atoms with E-state index in [-0.39, 0.29) is 4.90 Å². The Morgan fingerprint density at radius 2 is 1.65 bits per heavy atom. The highest BCUT2D eigenvalue weighted by molar-refractivity contribution is 7.92. The second-order valence-electron chi connectivity index (χ2n) is 6.23. The summed E-state index contributed by atoms with van der Waals surface area (Å²) in [7, 11) is -3.76. The number of sulfonamides is 1. The summed E-state index contributed by atoms with van der Waals surface area (Å²) in [6.07, 6.45) is 6.46. The molecule has 8 nitrogen and oxygen atoms in total. The summed E-state index contributed by atoms with van der Waals surface area (Å²) in [6.45, 7) is 2.72. The smallest absolute Gasteiger partial charge is 0.262 e. The van der Waals surface area contributed by atoms with Gasteiger partial charge in [-0.2, -0.15) is 0 Å². The fourth-order valence-corrected chi connectivity index (χ4v) is 4.08. The van der Waals surface area contributed by atoms with E-state index in [1.54, 1.807) is 6.07 Å². The Kier molecular flexibility index (Phi) is 4.54. The molecule has 2 aliphatic heterocycles. The minimum Gasteiger partial charge on any atom is -0.486 e. The highest BCUT2D eigenvalue weighted by atomic mass is 32.2. The predicted molar refractivity (Wildman–Crippen MR) is 96.3 cm³/mol. The van der Waals surface area contributed by atoms with Gasteiger partial charge >= 0.3 is 0 Å². The van der Waals surface area contributed by atoms with Crippen LogP contribution in [0.2, 0.25) is 0 Å². The van der Waals surface area contributed by atoms with Crippen molar-refractivity contribution in [3.05, 3.63) is 30.6 Å². The van der Waals surface area contributed by atoms with Gasteiger partial charge in [-0.05, 0) is 31.4 Å². The van der Waals surface area contributed by atoms with Crippen molar-refractivity contribution in [3.63, 3.8) is 0 Å². The molecule has 0 bridgehead atoms. The summed E-state index contributed by atoms with van der Waals surface area (Å²) in [5, 5.41) is 0. The lowest BCUT2D eigenvalue weighted by atomic mass is 10.1. The maximum Gasteiger partial charge on any atom is 0.262 e. The predicted octanol–water partition coefficient (Wildman–Crippen LogP) is 2.04. The maximum atomic E-state index is 12.6. The Hall–Kier alpha value is -2.55. The summed E-state index contributed by atoms with van der Waals surface area (Å²) in [6, 6.07) is 4.54. The van der Waals surface area contributed by atoms with Crippen LogP contribution in [-0.2, 0) is 10.0 Å². The number of fused-ring (bicyclic) bond motifs is 1. The van der Waals surface area contributed by atoms with Crippen LogP contribution in [0.1, 0.15) is 19.3 Å². The van der Waals surface area contributed by atoms with E-state index >= 15 is 0 Å². The van der Waals surface area contributed by atoms with Crippen molar-refractivity contribution in [1.29, 1.82) is 0 Å². The van der Waals surface area contributed by atoms with Crippen molar-refractivity contribution in [1.82, 2.24) is 9.97 Å². The first-order chi connectivity index (χ1) is 12.6. The molecule has 9 heteroatoms. The fraction of sp³-hybridized carbons (Fsp3) is 0.412. The Bertz CT molecular complexity index is 880. The lowest BCUT2D eigenvalue weighted by molar-refractivity contribution is 0.171. The minimum atomic E-state index is -3.76. The lowest BCUT2D eigenvalue weighted by Gasteiger charge is -2.26. The molecule has 1 N–H and O–H groups in total. The number of benzene rings is 1. The molecule has 26 heavy (non-hydrogen) atoms. The monoisotopic (exact) mass is 376 g/mol. The van der Waals surface area contributed by atoms with Gasteiger partial charge in [0.1, 0.15) is 13.2 Å². The molecule has 0 aliphatic carbocycles. The van der Waals surface area contributed by atoms with Gasteiger partial charge in [0, 0.05) is 19.2 Å². The molecular formula is C17H20N4O4S. The normalized spacial score (nSPS) is 17.0. The minimum absolute atomic E-state index is 0.0989. The van der Waals surface area contributed by atoms with Crippen LogP contribution >= 0.6 is 0 Å². The van der Waals surface area contributed by atoms with Crippen LogP contribution in [-0.4, -0.2) is 44.7 Å². The molecule has 0 radical (unpaired) electrons. The van der Waals surface area contributed by atoms with Crippen LogP contribution in [0, 0.1) is 0 Å². The molecule has 138 valence electrons. The highest BCUT2D eigenvalue weighted by Crippen LogP contribution is 2.32. The second kappa shape index (κ2) is 6.99.